The largest absolute Gasteiger partial charge is 0.381 e. The highest BCUT2D eigenvalue weighted by atomic mass is 19.1. The molecule has 2 N–H and O–H groups in total. The molecule has 0 radical (unpaired) electrons. The number of piperidine rings is 1. The number of nitrogens with two attached hydrogens (primary N) is 1. The third-order valence-electron chi connectivity index (χ3n) is 4.02. The molecule has 0 spiro atoms. The van der Waals surface area contributed by atoms with Crippen molar-refractivity contribution in [2.45, 2.75) is 31.5 Å². The molecule has 21 heavy (non-hydrogen) atoms. The Labute approximate surface area is 122 Å². The van der Waals surface area contributed by atoms with Gasteiger partial charge in [-0.05, 0) is 18.9 Å². The Hall–Kier alpha value is -1.57. The molecule has 1 saturated heterocycles. The lowest BCUT2D eigenvalue weighted by Gasteiger charge is -2.38. The van der Waals surface area contributed by atoms with Crippen LogP contribution in [0.4, 0.5) is 10.1 Å². The summed E-state index contributed by atoms with van der Waals surface area (Å²) < 4.78 is 19.3. The summed E-state index contributed by atoms with van der Waals surface area (Å²) in [7, 11) is 1.68. The number of hydrogen-bond acceptors (Lipinski definition) is 5. The topological polar surface area (TPSA) is 81.6 Å². The number of hydrogen-bond donors (Lipinski definition) is 1. The molecule has 1 heterocycles. The van der Waals surface area contributed by atoms with E-state index in [2.05, 4.69) is 4.90 Å². The van der Waals surface area contributed by atoms with Gasteiger partial charge < -0.3 is 10.5 Å². The van der Waals surface area contributed by atoms with Crippen LogP contribution in [0.5, 0.6) is 0 Å². The number of nitro groups is 1. The molecular weight excluding hydrogens is 277 g/mol. The molecule has 7 heteroatoms. The Morgan fingerprint density at radius 2 is 2.33 bits per heavy atom. The van der Waals surface area contributed by atoms with E-state index < -0.39 is 10.7 Å². The van der Waals surface area contributed by atoms with Gasteiger partial charge >= 0.3 is 0 Å². The van der Waals surface area contributed by atoms with Crippen molar-refractivity contribution in [3.63, 3.8) is 0 Å². The fourth-order valence-corrected chi connectivity index (χ4v) is 2.73. The Morgan fingerprint density at radius 1 is 1.57 bits per heavy atom. The number of halogens is 1. The molecule has 116 valence electrons. The van der Waals surface area contributed by atoms with E-state index in [-0.39, 0.29) is 17.8 Å². The van der Waals surface area contributed by atoms with Crippen LogP contribution in [0.2, 0.25) is 0 Å². The fraction of sp³-hybridized carbons (Fsp3) is 0.571. The van der Waals surface area contributed by atoms with E-state index in [1.165, 1.54) is 12.1 Å². The van der Waals surface area contributed by atoms with Crippen molar-refractivity contribution >= 4 is 5.69 Å². The molecule has 0 aliphatic carbocycles. The molecule has 1 fully saturated rings. The van der Waals surface area contributed by atoms with Crippen molar-refractivity contribution in [3.05, 3.63) is 39.7 Å². The summed E-state index contributed by atoms with van der Waals surface area (Å²) in [6.07, 6.45) is 1.89. The zero-order valence-corrected chi connectivity index (χ0v) is 12.0. The van der Waals surface area contributed by atoms with Gasteiger partial charge in [0.1, 0.15) is 5.82 Å². The molecular formula is C14H20FN3O3. The van der Waals surface area contributed by atoms with Crippen molar-refractivity contribution in [1.29, 1.82) is 0 Å². The summed E-state index contributed by atoms with van der Waals surface area (Å²) in [5.41, 5.74) is 6.01. The Morgan fingerprint density at radius 3 is 2.90 bits per heavy atom. The summed E-state index contributed by atoms with van der Waals surface area (Å²) in [5, 5.41) is 10.6. The van der Waals surface area contributed by atoms with Crippen LogP contribution in [-0.2, 0) is 11.3 Å². The second-order valence-electron chi connectivity index (χ2n) is 5.27. The smallest absolute Gasteiger partial charge is 0.272 e. The van der Waals surface area contributed by atoms with Gasteiger partial charge in [0.15, 0.2) is 0 Å². The van der Waals surface area contributed by atoms with Crippen molar-refractivity contribution in [2.75, 3.05) is 20.2 Å². The SMILES string of the molecule is COC1CCN(Cc2ccc([N+](=O)[O-])cc2F)C(CN)C1. The number of rotatable bonds is 5. The predicted molar refractivity (Wildman–Crippen MR) is 76.3 cm³/mol. The van der Waals surface area contributed by atoms with E-state index in [1.54, 1.807) is 7.11 Å². The molecule has 1 aliphatic rings. The van der Waals surface area contributed by atoms with Gasteiger partial charge in [-0.3, -0.25) is 15.0 Å². The van der Waals surface area contributed by atoms with Crippen LogP contribution in [0.25, 0.3) is 0 Å². The average molecular weight is 297 g/mol. The molecule has 0 saturated carbocycles. The van der Waals surface area contributed by atoms with Gasteiger partial charge in [0.05, 0.1) is 17.1 Å². The van der Waals surface area contributed by atoms with Crippen LogP contribution in [0.15, 0.2) is 18.2 Å². The van der Waals surface area contributed by atoms with Crippen molar-refractivity contribution in [3.8, 4) is 0 Å². The van der Waals surface area contributed by atoms with Crippen molar-refractivity contribution in [2.24, 2.45) is 5.73 Å². The first kappa shape index (κ1) is 15.8. The fourth-order valence-electron chi connectivity index (χ4n) is 2.73. The standard InChI is InChI=1S/C14H20FN3O3/c1-21-13-4-5-17(12(6-13)8-16)9-10-2-3-11(18(19)20)7-14(10)15/h2-3,7,12-13H,4-6,8-9,16H2,1H3. The summed E-state index contributed by atoms with van der Waals surface area (Å²) in [6, 6.07) is 3.91. The lowest BCUT2D eigenvalue weighted by Crippen LogP contribution is -2.48. The maximum Gasteiger partial charge on any atom is 0.272 e. The number of ether oxygens (including phenoxy) is 1. The number of nitrogens with zero attached hydrogens (tertiary/aromatic N) is 2. The van der Waals surface area contributed by atoms with Crippen LogP contribution < -0.4 is 5.73 Å². The van der Waals surface area contributed by atoms with Gasteiger partial charge in [0.25, 0.3) is 5.69 Å². The zero-order valence-electron chi connectivity index (χ0n) is 12.0. The maximum absolute atomic E-state index is 14.0. The van der Waals surface area contributed by atoms with E-state index in [0.29, 0.717) is 18.7 Å². The molecule has 1 aliphatic heterocycles. The Balaban J connectivity index is 2.08. The van der Waals surface area contributed by atoms with E-state index >= 15 is 0 Å². The van der Waals surface area contributed by atoms with Crippen LogP contribution in [-0.4, -0.2) is 42.2 Å². The second-order valence-corrected chi connectivity index (χ2v) is 5.27. The van der Waals surface area contributed by atoms with Gasteiger partial charge in [0, 0.05) is 44.4 Å². The number of methoxy groups -OCH3 is 1. The highest BCUT2D eigenvalue weighted by Crippen LogP contribution is 2.23. The second kappa shape index (κ2) is 6.93. The van der Waals surface area contributed by atoms with Gasteiger partial charge in [0.2, 0.25) is 0 Å². The predicted octanol–water partition coefficient (Wildman–Crippen LogP) is 1.67. The van der Waals surface area contributed by atoms with E-state index in [0.717, 1.165) is 25.5 Å². The van der Waals surface area contributed by atoms with Crippen LogP contribution in [0, 0.1) is 15.9 Å². The minimum Gasteiger partial charge on any atom is -0.381 e. The summed E-state index contributed by atoms with van der Waals surface area (Å²) in [5.74, 6) is -0.547. The number of benzene rings is 1. The first-order chi connectivity index (χ1) is 10.0. The summed E-state index contributed by atoms with van der Waals surface area (Å²) in [6.45, 7) is 1.66. The van der Waals surface area contributed by atoms with Gasteiger partial charge in [-0.2, -0.15) is 0 Å². The molecule has 2 rings (SSSR count). The minimum absolute atomic E-state index is 0.137. The van der Waals surface area contributed by atoms with E-state index in [9.17, 15) is 14.5 Å². The molecule has 2 atom stereocenters. The van der Waals surface area contributed by atoms with E-state index in [1.807, 2.05) is 0 Å². The molecule has 2 unspecified atom stereocenters. The van der Waals surface area contributed by atoms with Crippen LogP contribution in [0.1, 0.15) is 18.4 Å². The Kier molecular flexibility index (Phi) is 5.22. The highest BCUT2D eigenvalue weighted by Gasteiger charge is 2.28. The highest BCUT2D eigenvalue weighted by molar-refractivity contribution is 5.34. The van der Waals surface area contributed by atoms with Crippen LogP contribution in [0.3, 0.4) is 0 Å². The van der Waals surface area contributed by atoms with Crippen molar-refractivity contribution in [1.82, 2.24) is 4.90 Å². The lowest BCUT2D eigenvalue weighted by atomic mass is 9.98. The zero-order chi connectivity index (χ0) is 15.4. The van der Waals surface area contributed by atoms with Gasteiger partial charge in [-0.25, -0.2) is 4.39 Å². The van der Waals surface area contributed by atoms with Crippen LogP contribution >= 0.6 is 0 Å². The third-order valence-corrected chi connectivity index (χ3v) is 4.02. The molecule has 0 aromatic heterocycles. The first-order valence-electron chi connectivity index (χ1n) is 6.95. The number of non-ortho nitro benzene ring substituents is 1. The monoisotopic (exact) mass is 297 g/mol. The van der Waals surface area contributed by atoms with Gasteiger partial charge in [-0.15, -0.1) is 0 Å². The quantitative estimate of drug-likeness (QED) is 0.660. The molecule has 6 nitrogen and oxygen atoms in total. The molecule has 1 aromatic carbocycles. The first-order valence-corrected chi connectivity index (χ1v) is 6.95. The van der Waals surface area contributed by atoms with E-state index in [4.69, 9.17) is 10.5 Å². The van der Waals surface area contributed by atoms with Crippen molar-refractivity contribution < 1.29 is 14.1 Å². The molecule has 1 aromatic rings. The third kappa shape index (κ3) is 3.75. The molecule has 0 bridgehead atoms. The lowest BCUT2D eigenvalue weighted by molar-refractivity contribution is -0.385. The summed E-state index contributed by atoms with van der Waals surface area (Å²) >= 11 is 0. The number of nitro benzene ring substituents is 1. The number of likely N-dealkylation sites (tertiary alicyclic amines) is 1. The van der Waals surface area contributed by atoms with Gasteiger partial charge in [-0.1, -0.05) is 0 Å². The average Bonchev–Trinajstić information content (AvgIpc) is 2.49. The molecule has 0 amide bonds. The minimum atomic E-state index is -0.598. The maximum atomic E-state index is 14.0. The summed E-state index contributed by atoms with van der Waals surface area (Å²) in [4.78, 5) is 12.1. The Bertz CT molecular complexity index is 512. The normalized spacial score (nSPS) is 23.2.